The Morgan fingerprint density at radius 1 is 0.977 bits per heavy atom. The molecule has 0 radical (unpaired) electrons. The van der Waals surface area contributed by atoms with Crippen molar-refractivity contribution in [1.29, 1.82) is 0 Å². The highest BCUT2D eigenvalue weighted by Gasteiger charge is 2.45. The summed E-state index contributed by atoms with van der Waals surface area (Å²) in [7, 11) is 0. The number of benzene rings is 2. The number of halogens is 6. The second-order valence-corrected chi connectivity index (χ2v) is 12.1. The third kappa shape index (κ3) is 7.36. The van der Waals surface area contributed by atoms with Crippen molar-refractivity contribution in [3.63, 3.8) is 0 Å². The molecule has 1 heterocycles. The van der Waals surface area contributed by atoms with Crippen molar-refractivity contribution < 1.29 is 40.7 Å². The number of alkyl halides is 6. The molecule has 11 heteroatoms. The van der Waals surface area contributed by atoms with Gasteiger partial charge >= 0.3 is 18.3 Å². The third-order valence-corrected chi connectivity index (χ3v) is 9.01. The van der Waals surface area contributed by atoms with Crippen LogP contribution in [0.3, 0.4) is 0 Å². The lowest BCUT2D eigenvalue weighted by molar-refractivity contribution is -0.158. The van der Waals surface area contributed by atoms with Gasteiger partial charge in [0.05, 0.1) is 34.6 Å². The normalized spacial score (nSPS) is 26.0. The van der Waals surface area contributed by atoms with Gasteiger partial charge in [0.25, 0.3) is 0 Å². The molecular formula is C32H38F6N2O3. The van der Waals surface area contributed by atoms with Crippen molar-refractivity contribution in [2.75, 3.05) is 19.7 Å². The topological polar surface area (TPSA) is 58.6 Å². The molecule has 1 saturated carbocycles. The van der Waals surface area contributed by atoms with E-state index in [9.17, 15) is 35.9 Å². The first-order valence-corrected chi connectivity index (χ1v) is 14.7. The lowest BCUT2D eigenvalue weighted by Gasteiger charge is -2.48. The summed E-state index contributed by atoms with van der Waals surface area (Å²) in [5.41, 5.74) is -3.89. The molecule has 2 aromatic rings. The summed E-state index contributed by atoms with van der Waals surface area (Å²) in [6.07, 6.45) is -6.02. The van der Waals surface area contributed by atoms with Gasteiger partial charge in [-0.05, 0) is 95.2 Å². The van der Waals surface area contributed by atoms with Crippen LogP contribution >= 0.6 is 0 Å². The van der Waals surface area contributed by atoms with Gasteiger partial charge < -0.3 is 10.1 Å². The molecule has 2 aromatic carbocycles. The number of carbonyl (C=O) groups is 2. The monoisotopic (exact) mass is 612 g/mol. The van der Waals surface area contributed by atoms with Crippen LogP contribution in [0.1, 0.15) is 87.5 Å². The van der Waals surface area contributed by atoms with E-state index in [0.29, 0.717) is 51.0 Å². The lowest BCUT2D eigenvalue weighted by atomic mass is 9.73. The SMILES string of the molecule is CCOC(=O)C1(C)CCCN(C2CCC(NC(=O)C(C)c3cc(C(F)(F)F)cc(C(F)(F)F)c3)(c3ccccc3)CC2)C1. The molecule has 2 unspecified atom stereocenters. The minimum atomic E-state index is -5.01. The van der Waals surface area contributed by atoms with E-state index in [2.05, 4.69) is 10.2 Å². The van der Waals surface area contributed by atoms with E-state index in [1.807, 2.05) is 37.3 Å². The van der Waals surface area contributed by atoms with Crippen molar-refractivity contribution in [1.82, 2.24) is 10.2 Å². The van der Waals surface area contributed by atoms with Crippen LogP contribution in [0.5, 0.6) is 0 Å². The molecule has 1 saturated heterocycles. The third-order valence-electron chi connectivity index (χ3n) is 9.01. The average molecular weight is 613 g/mol. The first kappa shape index (κ1) is 32.8. The number of esters is 1. The zero-order valence-corrected chi connectivity index (χ0v) is 24.6. The van der Waals surface area contributed by atoms with Gasteiger partial charge in [-0.15, -0.1) is 0 Å². The Morgan fingerprint density at radius 3 is 2.09 bits per heavy atom. The summed E-state index contributed by atoms with van der Waals surface area (Å²) in [6.45, 7) is 6.73. The summed E-state index contributed by atoms with van der Waals surface area (Å²) >= 11 is 0. The standard InChI is InChI=1S/C32H38F6N2O3/c1-4-43-28(42)29(3)13-8-16-40(20-29)26-11-14-30(15-12-26,23-9-6-5-7-10-23)39-27(41)21(2)22-17-24(31(33,34)35)19-25(18-22)32(36,37)38/h5-7,9-10,17-19,21,26H,4,8,11-16,20H2,1-3H3,(H,39,41). The van der Waals surface area contributed by atoms with Crippen LogP contribution in [0.25, 0.3) is 0 Å². The highest BCUT2D eigenvalue weighted by molar-refractivity contribution is 5.84. The minimum Gasteiger partial charge on any atom is -0.466 e. The zero-order valence-electron chi connectivity index (χ0n) is 24.6. The van der Waals surface area contributed by atoms with Gasteiger partial charge in [-0.2, -0.15) is 26.3 Å². The summed E-state index contributed by atoms with van der Waals surface area (Å²) in [5.74, 6) is -2.13. The fourth-order valence-corrected chi connectivity index (χ4v) is 6.49. The number of hydrogen-bond acceptors (Lipinski definition) is 4. The van der Waals surface area contributed by atoms with Gasteiger partial charge in [-0.25, -0.2) is 0 Å². The summed E-state index contributed by atoms with van der Waals surface area (Å²) in [4.78, 5) is 28.6. The maximum atomic E-state index is 13.6. The molecule has 0 bridgehead atoms. The molecule has 0 spiro atoms. The molecule has 5 nitrogen and oxygen atoms in total. The number of nitrogens with zero attached hydrogens (tertiary/aromatic N) is 1. The van der Waals surface area contributed by atoms with Crippen LogP contribution in [-0.4, -0.2) is 42.5 Å². The smallest absolute Gasteiger partial charge is 0.416 e. The highest BCUT2D eigenvalue weighted by Crippen LogP contribution is 2.43. The van der Waals surface area contributed by atoms with Crippen LogP contribution in [0.2, 0.25) is 0 Å². The molecule has 2 atom stereocenters. The van der Waals surface area contributed by atoms with Gasteiger partial charge in [-0.3, -0.25) is 14.5 Å². The highest BCUT2D eigenvalue weighted by atomic mass is 19.4. The number of ether oxygens (including phenoxy) is 1. The van der Waals surface area contributed by atoms with Crippen molar-refractivity contribution >= 4 is 11.9 Å². The van der Waals surface area contributed by atoms with E-state index in [0.717, 1.165) is 24.9 Å². The number of carbonyl (C=O) groups excluding carboxylic acids is 2. The second kappa shape index (κ2) is 12.5. The van der Waals surface area contributed by atoms with Gasteiger partial charge in [0.2, 0.25) is 5.91 Å². The molecule has 2 fully saturated rings. The number of likely N-dealkylation sites (tertiary alicyclic amines) is 1. The van der Waals surface area contributed by atoms with Gasteiger partial charge in [0.15, 0.2) is 0 Å². The fraction of sp³-hybridized carbons (Fsp3) is 0.562. The van der Waals surface area contributed by atoms with Crippen molar-refractivity contribution in [2.45, 2.75) is 89.1 Å². The number of hydrogen-bond donors (Lipinski definition) is 1. The van der Waals surface area contributed by atoms with E-state index in [1.54, 1.807) is 6.92 Å². The Kier molecular flexibility index (Phi) is 9.54. The van der Waals surface area contributed by atoms with Crippen LogP contribution in [0.4, 0.5) is 26.3 Å². The number of nitrogens with one attached hydrogen (secondary N) is 1. The fourth-order valence-electron chi connectivity index (χ4n) is 6.49. The first-order valence-electron chi connectivity index (χ1n) is 14.7. The lowest BCUT2D eigenvalue weighted by Crippen LogP contribution is -2.55. The molecule has 2 aliphatic rings. The van der Waals surface area contributed by atoms with E-state index in [4.69, 9.17) is 4.74 Å². The quantitative estimate of drug-likeness (QED) is 0.261. The van der Waals surface area contributed by atoms with E-state index < -0.39 is 46.3 Å². The summed E-state index contributed by atoms with van der Waals surface area (Å²) < 4.78 is 86.2. The van der Waals surface area contributed by atoms with E-state index in [1.165, 1.54) is 6.92 Å². The maximum absolute atomic E-state index is 13.6. The molecule has 4 rings (SSSR count). The predicted molar refractivity (Wildman–Crippen MR) is 149 cm³/mol. The Bertz CT molecular complexity index is 1260. The Balaban J connectivity index is 1.56. The molecule has 1 amide bonds. The van der Waals surface area contributed by atoms with Crippen LogP contribution in [0, 0.1) is 5.41 Å². The van der Waals surface area contributed by atoms with Crippen molar-refractivity contribution in [2.24, 2.45) is 5.41 Å². The van der Waals surface area contributed by atoms with Crippen LogP contribution in [-0.2, 0) is 32.2 Å². The molecule has 43 heavy (non-hydrogen) atoms. The summed E-state index contributed by atoms with van der Waals surface area (Å²) in [6, 6.07) is 10.7. The maximum Gasteiger partial charge on any atom is 0.416 e. The minimum absolute atomic E-state index is 0.0639. The van der Waals surface area contributed by atoms with Crippen molar-refractivity contribution in [3.8, 4) is 0 Å². The van der Waals surface area contributed by atoms with Gasteiger partial charge in [0, 0.05) is 12.6 Å². The molecule has 0 aromatic heterocycles. The summed E-state index contributed by atoms with van der Waals surface area (Å²) in [5, 5.41) is 3.04. The zero-order chi connectivity index (χ0) is 31.6. The number of piperidine rings is 1. The van der Waals surface area contributed by atoms with Crippen LogP contribution in [0.15, 0.2) is 48.5 Å². The van der Waals surface area contributed by atoms with Gasteiger partial charge in [0.1, 0.15) is 0 Å². The average Bonchev–Trinajstić information content (AvgIpc) is 2.96. The van der Waals surface area contributed by atoms with E-state index >= 15 is 0 Å². The van der Waals surface area contributed by atoms with Crippen molar-refractivity contribution in [3.05, 3.63) is 70.8 Å². The van der Waals surface area contributed by atoms with Crippen LogP contribution < -0.4 is 5.32 Å². The Morgan fingerprint density at radius 2 is 1.56 bits per heavy atom. The second-order valence-electron chi connectivity index (χ2n) is 12.1. The molecule has 236 valence electrons. The predicted octanol–water partition coefficient (Wildman–Crippen LogP) is 7.45. The first-order chi connectivity index (χ1) is 20.1. The number of rotatable bonds is 7. The van der Waals surface area contributed by atoms with E-state index in [-0.39, 0.29) is 23.6 Å². The molecule has 1 aliphatic carbocycles. The molecule has 1 aliphatic heterocycles. The van der Waals surface area contributed by atoms with Gasteiger partial charge in [-0.1, -0.05) is 30.3 Å². The largest absolute Gasteiger partial charge is 0.466 e. The molecule has 1 N–H and O–H groups in total. The Labute approximate surface area is 248 Å². The Hall–Kier alpha value is -3.08. The number of amides is 1. The molecular weight excluding hydrogens is 574 g/mol.